The first-order chi connectivity index (χ1) is 13.2. The molecular weight excluding hydrogens is 362 g/mol. The summed E-state index contributed by atoms with van der Waals surface area (Å²) in [5, 5.41) is 1.55. The third-order valence-electron chi connectivity index (χ3n) is 4.70. The van der Waals surface area contributed by atoms with Gasteiger partial charge in [-0.2, -0.15) is 0 Å². The van der Waals surface area contributed by atoms with E-state index in [0.29, 0.717) is 12.7 Å². The molecule has 1 unspecified atom stereocenters. The number of hydrogen-bond acceptors (Lipinski definition) is 5. The zero-order chi connectivity index (χ0) is 18.8. The van der Waals surface area contributed by atoms with Crippen molar-refractivity contribution in [2.24, 2.45) is 0 Å². The molecule has 0 bridgehead atoms. The molecule has 136 valence electrons. The van der Waals surface area contributed by atoms with Gasteiger partial charge in [-0.05, 0) is 16.5 Å². The van der Waals surface area contributed by atoms with E-state index in [1.165, 1.54) is 16.7 Å². The molecule has 1 saturated heterocycles. The van der Waals surface area contributed by atoms with Crippen LogP contribution in [0.2, 0.25) is 0 Å². The van der Waals surface area contributed by atoms with Gasteiger partial charge in [0.05, 0.1) is 11.8 Å². The SMILES string of the molecule is O=CC1=CS[C@H]2CC(=O)N2C1C(=O)OC(c1ccccc1)c1ccccc1. The quantitative estimate of drug-likeness (QED) is 0.454. The molecule has 2 aromatic rings. The van der Waals surface area contributed by atoms with Gasteiger partial charge in [-0.1, -0.05) is 60.7 Å². The minimum absolute atomic E-state index is 0.106. The van der Waals surface area contributed by atoms with E-state index in [-0.39, 0.29) is 16.9 Å². The highest BCUT2D eigenvalue weighted by Gasteiger charge is 2.49. The van der Waals surface area contributed by atoms with Crippen LogP contribution in [0.1, 0.15) is 23.7 Å². The second-order valence-electron chi connectivity index (χ2n) is 6.37. The van der Waals surface area contributed by atoms with E-state index >= 15 is 0 Å². The number of rotatable bonds is 5. The van der Waals surface area contributed by atoms with Gasteiger partial charge < -0.3 is 9.64 Å². The molecule has 5 nitrogen and oxygen atoms in total. The number of amides is 1. The van der Waals surface area contributed by atoms with Crippen molar-refractivity contribution in [2.75, 3.05) is 0 Å². The van der Waals surface area contributed by atoms with Gasteiger partial charge in [0.25, 0.3) is 0 Å². The largest absolute Gasteiger partial charge is 0.451 e. The fourth-order valence-electron chi connectivity index (χ4n) is 3.31. The smallest absolute Gasteiger partial charge is 0.334 e. The Morgan fingerprint density at radius 2 is 1.67 bits per heavy atom. The van der Waals surface area contributed by atoms with Crippen LogP contribution < -0.4 is 0 Å². The third kappa shape index (κ3) is 3.28. The summed E-state index contributed by atoms with van der Waals surface area (Å²) in [6, 6.07) is 17.8. The summed E-state index contributed by atoms with van der Waals surface area (Å²) in [6.45, 7) is 0. The molecule has 6 heteroatoms. The molecule has 0 N–H and O–H groups in total. The first-order valence-corrected chi connectivity index (χ1v) is 9.55. The minimum atomic E-state index is -0.982. The van der Waals surface area contributed by atoms with E-state index in [1.54, 1.807) is 5.41 Å². The maximum Gasteiger partial charge on any atom is 0.334 e. The van der Waals surface area contributed by atoms with Crippen molar-refractivity contribution < 1.29 is 19.1 Å². The molecule has 1 amide bonds. The number of benzene rings is 2. The highest BCUT2D eigenvalue weighted by molar-refractivity contribution is 8.02. The second kappa shape index (κ2) is 7.40. The number of carbonyl (C=O) groups excluding carboxylic acids is 3. The van der Waals surface area contributed by atoms with Crippen LogP contribution >= 0.6 is 11.8 Å². The molecule has 0 aromatic heterocycles. The zero-order valence-electron chi connectivity index (χ0n) is 14.4. The average molecular weight is 379 g/mol. The number of thioether (sulfide) groups is 1. The van der Waals surface area contributed by atoms with Crippen LogP contribution in [-0.4, -0.2) is 34.5 Å². The Morgan fingerprint density at radius 1 is 1.07 bits per heavy atom. The molecule has 1 fully saturated rings. The van der Waals surface area contributed by atoms with Crippen molar-refractivity contribution in [3.05, 3.63) is 82.8 Å². The van der Waals surface area contributed by atoms with Gasteiger partial charge in [-0.3, -0.25) is 9.59 Å². The van der Waals surface area contributed by atoms with E-state index < -0.39 is 18.1 Å². The fraction of sp³-hybridized carbons (Fsp3) is 0.190. The van der Waals surface area contributed by atoms with Crippen LogP contribution in [-0.2, 0) is 19.1 Å². The summed E-state index contributed by atoms with van der Waals surface area (Å²) >= 11 is 1.39. The van der Waals surface area contributed by atoms with Crippen LogP contribution in [0.4, 0.5) is 0 Å². The Morgan fingerprint density at radius 3 is 2.19 bits per heavy atom. The number of hydrogen-bond donors (Lipinski definition) is 0. The predicted octanol–water partition coefficient (Wildman–Crippen LogP) is 3.08. The zero-order valence-corrected chi connectivity index (χ0v) is 15.2. The van der Waals surface area contributed by atoms with Crippen LogP contribution in [0.25, 0.3) is 0 Å². The maximum absolute atomic E-state index is 13.0. The standard InChI is InChI=1S/C21H17NO4S/c23-12-16-13-27-18-11-17(24)22(18)19(16)21(25)26-20(14-7-3-1-4-8-14)15-9-5-2-6-10-15/h1-10,12-13,18-20H,11H2/t18-,19?/m0/s1. The van der Waals surface area contributed by atoms with E-state index in [9.17, 15) is 14.4 Å². The Kier molecular flexibility index (Phi) is 4.81. The van der Waals surface area contributed by atoms with Crippen molar-refractivity contribution >= 4 is 29.9 Å². The molecule has 2 atom stereocenters. The number of esters is 1. The molecule has 27 heavy (non-hydrogen) atoms. The van der Waals surface area contributed by atoms with Crippen molar-refractivity contribution in [1.29, 1.82) is 0 Å². The summed E-state index contributed by atoms with van der Waals surface area (Å²) < 4.78 is 5.85. The number of β-lactam (4-membered cyclic amide) rings is 1. The molecule has 0 spiro atoms. The number of ether oxygens (including phenoxy) is 1. The molecule has 0 radical (unpaired) electrons. The molecule has 2 aliphatic rings. The van der Waals surface area contributed by atoms with Gasteiger partial charge in [0.1, 0.15) is 6.29 Å². The molecule has 0 aliphatic carbocycles. The van der Waals surface area contributed by atoms with Crippen LogP contribution in [0.15, 0.2) is 71.6 Å². The highest BCUT2D eigenvalue weighted by atomic mass is 32.2. The predicted molar refractivity (Wildman–Crippen MR) is 102 cm³/mol. The highest BCUT2D eigenvalue weighted by Crippen LogP contribution is 2.40. The molecule has 0 saturated carbocycles. The van der Waals surface area contributed by atoms with E-state index in [0.717, 1.165) is 11.1 Å². The van der Waals surface area contributed by atoms with Crippen molar-refractivity contribution in [3.63, 3.8) is 0 Å². The fourth-order valence-corrected chi connectivity index (χ4v) is 4.42. The van der Waals surface area contributed by atoms with Crippen molar-refractivity contribution in [1.82, 2.24) is 4.90 Å². The van der Waals surface area contributed by atoms with Gasteiger partial charge in [-0.25, -0.2) is 4.79 Å². The molecule has 4 rings (SSSR count). The van der Waals surface area contributed by atoms with Gasteiger partial charge in [0, 0.05) is 5.57 Å². The lowest BCUT2D eigenvalue weighted by atomic mass is 10.00. The Labute approximate surface area is 161 Å². The number of aldehydes is 1. The monoisotopic (exact) mass is 379 g/mol. The number of carbonyl (C=O) groups is 3. The van der Waals surface area contributed by atoms with Crippen molar-refractivity contribution in [2.45, 2.75) is 23.9 Å². The first kappa shape index (κ1) is 17.5. The number of nitrogens with zero attached hydrogens (tertiary/aromatic N) is 1. The van der Waals surface area contributed by atoms with Crippen LogP contribution in [0, 0.1) is 0 Å². The molecule has 2 aliphatic heterocycles. The summed E-state index contributed by atoms with van der Waals surface area (Å²) in [6.07, 6.45) is 0.385. The lowest BCUT2D eigenvalue weighted by Gasteiger charge is -2.46. The Bertz CT molecular complexity index is 857. The summed E-state index contributed by atoms with van der Waals surface area (Å²) in [4.78, 5) is 38.0. The second-order valence-corrected chi connectivity index (χ2v) is 7.42. The molecule has 2 aromatic carbocycles. The minimum Gasteiger partial charge on any atom is -0.451 e. The lowest BCUT2D eigenvalue weighted by Crippen LogP contribution is -2.60. The normalized spacial score (nSPS) is 21.1. The summed E-state index contributed by atoms with van der Waals surface area (Å²) in [7, 11) is 0. The Balaban J connectivity index is 1.65. The van der Waals surface area contributed by atoms with Crippen LogP contribution in [0.5, 0.6) is 0 Å². The van der Waals surface area contributed by atoms with E-state index in [1.807, 2.05) is 60.7 Å². The average Bonchev–Trinajstić information content (AvgIpc) is 2.71. The van der Waals surface area contributed by atoms with Gasteiger partial charge >= 0.3 is 5.97 Å². The number of fused-ring (bicyclic) bond motifs is 1. The summed E-state index contributed by atoms with van der Waals surface area (Å²) in [5.74, 6) is -0.734. The van der Waals surface area contributed by atoms with Gasteiger partial charge in [0.2, 0.25) is 5.91 Å². The van der Waals surface area contributed by atoms with Crippen LogP contribution in [0.3, 0.4) is 0 Å². The maximum atomic E-state index is 13.0. The van der Waals surface area contributed by atoms with Gasteiger partial charge in [-0.15, -0.1) is 11.8 Å². The first-order valence-electron chi connectivity index (χ1n) is 8.61. The molecular formula is C21H17NO4S. The van der Waals surface area contributed by atoms with E-state index in [4.69, 9.17) is 4.74 Å². The lowest BCUT2D eigenvalue weighted by molar-refractivity contribution is -0.162. The summed E-state index contributed by atoms with van der Waals surface area (Å²) in [5.41, 5.74) is 1.91. The Hall–Kier alpha value is -2.86. The van der Waals surface area contributed by atoms with Crippen molar-refractivity contribution in [3.8, 4) is 0 Å². The van der Waals surface area contributed by atoms with E-state index in [2.05, 4.69) is 0 Å². The van der Waals surface area contributed by atoms with Gasteiger partial charge in [0.15, 0.2) is 12.1 Å². The third-order valence-corrected chi connectivity index (χ3v) is 5.82. The topological polar surface area (TPSA) is 63.7 Å². The molecule has 2 heterocycles.